The van der Waals surface area contributed by atoms with Crippen LogP contribution in [0.2, 0.25) is 5.02 Å². The van der Waals surface area contributed by atoms with Crippen LogP contribution in [0.3, 0.4) is 0 Å². The SMILES string of the molecule is CCCN(CC)CCNCc1cc(Br)ccc1Cl. The zero-order valence-corrected chi connectivity index (χ0v) is 13.5. The van der Waals surface area contributed by atoms with Gasteiger partial charge in [-0.05, 0) is 43.3 Å². The Bertz CT molecular complexity index is 358. The summed E-state index contributed by atoms with van der Waals surface area (Å²) in [7, 11) is 0. The molecule has 0 saturated carbocycles. The van der Waals surface area contributed by atoms with E-state index in [2.05, 4.69) is 46.1 Å². The van der Waals surface area contributed by atoms with Crippen molar-refractivity contribution in [1.82, 2.24) is 10.2 Å². The van der Waals surface area contributed by atoms with E-state index in [9.17, 15) is 0 Å². The van der Waals surface area contributed by atoms with Gasteiger partial charge in [0.15, 0.2) is 0 Å². The third kappa shape index (κ3) is 5.70. The molecule has 0 unspecified atom stereocenters. The van der Waals surface area contributed by atoms with Crippen molar-refractivity contribution in [1.29, 1.82) is 0 Å². The highest BCUT2D eigenvalue weighted by Gasteiger charge is 2.02. The first-order valence-electron chi connectivity index (χ1n) is 6.54. The van der Waals surface area contributed by atoms with Gasteiger partial charge in [-0.1, -0.05) is 41.4 Å². The Hall–Kier alpha value is -0.0900. The average Bonchev–Trinajstić information content (AvgIpc) is 2.37. The summed E-state index contributed by atoms with van der Waals surface area (Å²) in [5.74, 6) is 0. The molecule has 1 N–H and O–H groups in total. The molecule has 0 aliphatic carbocycles. The number of likely N-dealkylation sites (N-methyl/N-ethyl adjacent to an activating group) is 1. The monoisotopic (exact) mass is 332 g/mol. The van der Waals surface area contributed by atoms with Crippen molar-refractivity contribution in [2.45, 2.75) is 26.8 Å². The van der Waals surface area contributed by atoms with Crippen LogP contribution >= 0.6 is 27.5 Å². The molecule has 1 aromatic carbocycles. The number of nitrogens with zero attached hydrogens (tertiary/aromatic N) is 1. The fraction of sp³-hybridized carbons (Fsp3) is 0.571. The van der Waals surface area contributed by atoms with Crippen molar-refractivity contribution in [3.63, 3.8) is 0 Å². The lowest BCUT2D eigenvalue weighted by Crippen LogP contribution is -2.32. The third-order valence-electron chi connectivity index (χ3n) is 2.92. The fourth-order valence-electron chi connectivity index (χ4n) is 1.88. The van der Waals surface area contributed by atoms with E-state index >= 15 is 0 Å². The Kier molecular flexibility index (Phi) is 7.91. The molecule has 102 valence electrons. The van der Waals surface area contributed by atoms with Crippen LogP contribution < -0.4 is 5.32 Å². The maximum atomic E-state index is 6.14. The topological polar surface area (TPSA) is 15.3 Å². The summed E-state index contributed by atoms with van der Waals surface area (Å²) < 4.78 is 1.07. The molecule has 1 aromatic rings. The van der Waals surface area contributed by atoms with E-state index in [0.29, 0.717) is 0 Å². The predicted octanol–water partition coefficient (Wildman–Crippen LogP) is 3.92. The second kappa shape index (κ2) is 8.92. The van der Waals surface area contributed by atoms with Gasteiger partial charge in [-0.25, -0.2) is 0 Å². The smallest absolute Gasteiger partial charge is 0.0451 e. The van der Waals surface area contributed by atoms with Crippen LogP contribution in [-0.4, -0.2) is 31.1 Å². The molecule has 0 fully saturated rings. The van der Waals surface area contributed by atoms with E-state index in [4.69, 9.17) is 11.6 Å². The first-order valence-corrected chi connectivity index (χ1v) is 7.71. The molecule has 1 rings (SSSR count). The number of hydrogen-bond acceptors (Lipinski definition) is 2. The van der Waals surface area contributed by atoms with Crippen molar-refractivity contribution in [3.8, 4) is 0 Å². The molecule has 0 amide bonds. The molecule has 0 aliphatic rings. The van der Waals surface area contributed by atoms with Gasteiger partial charge in [0.25, 0.3) is 0 Å². The maximum Gasteiger partial charge on any atom is 0.0451 e. The molecule has 0 spiro atoms. The summed E-state index contributed by atoms with van der Waals surface area (Å²) in [4.78, 5) is 2.45. The van der Waals surface area contributed by atoms with Gasteiger partial charge >= 0.3 is 0 Å². The molecule has 2 nitrogen and oxygen atoms in total. The quantitative estimate of drug-likeness (QED) is 0.725. The van der Waals surface area contributed by atoms with Crippen molar-refractivity contribution < 1.29 is 0 Å². The summed E-state index contributed by atoms with van der Waals surface area (Å²) in [6, 6.07) is 5.96. The first-order chi connectivity index (χ1) is 8.67. The lowest BCUT2D eigenvalue weighted by Gasteiger charge is -2.19. The van der Waals surface area contributed by atoms with E-state index in [1.165, 1.54) is 13.0 Å². The summed E-state index contributed by atoms with van der Waals surface area (Å²) in [5.41, 5.74) is 1.14. The minimum Gasteiger partial charge on any atom is -0.311 e. The minimum atomic E-state index is 0.821. The summed E-state index contributed by atoms with van der Waals surface area (Å²) in [5, 5.41) is 4.27. The number of hydrogen-bond donors (Lipinski definition) is 1. The Morgan fingerprint density at radius 3 is 2.72 bits per heavy atom. The number of benzene rings is 1. The average molecular weight is 334 g/mol. The highest BCUT2D eigenvalue weighted by molar-refractivity contribution is 9.10. The molecule has 4 heteroatoms. The van der Waals surface area contributed by atoms with Crippen molar-refractivity contribution >= 4 is 27.5 Å². The maximum absolute atomic E-state index is 6.14. The van der Waals surface area contributed by atoms with Crippen molar-refractivity contribution in [2.24, 2.45) is 0 Å². The molecule has 18 heavy (non-hydrogen) atoms. The van der Waals surface area contributed by atoms with E-state index in [0.717, 1.165) is 41.2 Å². The van der Waals surface area contributed by atoms with Gasteiger partial charge in [0.2, 0.25) is 0 Å². The van der Waals surface area contributed by atoms with Crippen LogP contribution in [0, 0.1) is 0 Å². The summed E-state index contributed by atoms with van der Waals surface area (Å²) >= 11 is 9.61. The normalized spacial score (nSPS) is 11.2. The Balaban J connectivity index is 2.31. The van der Waals surface area contributed by atoms with Crippen LogP contribution in [0.1, 0.15) is 25.8 Å². The van der Waals surface area contributed by atoms with E-state index < -0.39 is 0 Å². The van der Waals surface area contributed by atoms with Crippen LogP contribution in [0.5, 0.6) is 0 Å². The van der Waals surface area contributed by atoms with Gasteiger partial charge in [0, 0.05) is 29.1 Å². The van der Waals surface area contributed by atoms with Crippen LogP contribution in [0.25, 0.3) is 0 Å². The van der Waals surface area contributed by atoms with Gasteiger partial charge in [-0.3, -0.25) is 0 Å². The summed E-state index contributed by atoms with van der Waals surface area (Å²) in [6.07, 6.45) is 1.21. The van der Waals surface area contributed by atoms with Gasteiger partial charge in [0.05, 0.1) is 0 Å². The van der Waals surface area contributed by atoms with Crippen molar-refractivity contribution in [2.75, 3.05) is 26.2 Å². The van der Waals surface area contributed by atoms with E-state index in [-0.39, 0.29) is 0 Å². The number of nitrogens with one attached hydrogen (secondary N) is 1. The zero-order valence-electron chi connectivity index (χ0n) is 11.2. The third-order valence-corrected chi connectivity index (χ3v) is 3.78. The van der Waals surface area contributed by atoms with Crippen LogP contribution in [0.15, 0.2) is 22.7 Å². The molecule has 0 bridgehead atoms. The number of halogens is 2. The molecule has 0 radical (unpaired) electrons. The van der Waals surface area contributed by atoms with Gasteiger partial charge in [0.1, 0.15) is 0 Å². The Morgan fingerprint density at radius 1 is 1.28 bits per heavy atom. The molecular formula is C14H22BrClN2. The minimum absolute atomic E-state index is 0.821. The van der Waals surface area contributed by atoms with Crippen LogP contribution in [-0.2, 0) is 6.54 Å². The largest absolute Gasteiger partial charge is 0.311 e. The van der Waals surface area contributed by atoms with Crippen LogP contribution in [0.4, 0.5) is 0 Å². The summed E-state index contributed by atoms with van der Waals surface area (Å²) in [6.45, 7) is 9.63. The second-order valence-corrected chi connectivity index (χ2v) is 5.67. The molecule has 0 aromatic heterocycles. The van der Waals surface area contributed by atoms with Gasteiger partial charge < -0.3 is 10.2 Å². The molecule has 0 atom stereocenters. The second-order valence-electron chi connectivity index (χ2n) is 4.35. The Labute approximate surface area is 124 Å². The van der Waals surface area contributed by atoms with Crippen molar-refractivity contribution in [3.05, 3.63) is 33.3 Å². The standard InChI is InChI=1S/C14H22BrClN2/c1-3-8-18(4-2)9-7-17-11-12-10-13(15)5-6-14(12)16/h5-6,10,17H,3-4,7-9,11H2,1-2H3. The highest BCUT2D eigenvalue weighted by atomic mass is 79.9. The highest BCUT2D eigenvalue weighted by Crippen LogP contribution is 2.20. The lowest BCUT2D eigenvalue weighted by atomic mass is 10.2. The molecule has 0 saturated heterocycles. The van der Waals surface area contributed by atoms with Gasteiger partial charge in [-0.2, -0.15) is 0 Å². The number of rotatable bonds is 8. The molecule has 0 heterocycles. The molecular weight excluding hydrogens is 312 g/mol. The zero-order chi connectivity index (χ0) is 13.4. The predicted molar refractivity (Wildman–Crippen MR) is 83.3 cm³/mol. The fourth-order valence-corrected chi connectivity index (χ4v) is 2.48. The van der Waals surface area contributed by atoms with Gasteiger partial charge in [-0.15, -0.1) is 0 Å². The van der Waals surface area contributed by atoms with E-state index in [1.54, 1.807) is 0 Å². The lowest BCUT2D eigenvalue weighted by molar-refractivity contribution is 0.287. The Morgan fingerprint density at radius 2 is 2.06 bits per heavy atom. The molecule has 0 aliphatic heterocycles. The first kappa shape index (κ1) is 16.0. The van der Waals surface area contributed by atoms with E-state index in [1.807, 2.05) is 12.1 Å².